The van der Waals surface area contributed by atoms with Gasteiger partial charge in [0, 0.05) is 31.1 Å². The van der Waals surface area contributed by atoms with E-state index in [9.17, 15) is 33.0 Å². The molecule has 1 aliphatic carbocycles. The monoisotopic (exact) mass is 586 g/mol. The van der Waals surface area contributed by atoms with E-state index in [4.69, 9.17) is 11.6 Å². The van der Waals surface area contributed by atoms with Gasteiger partial charge in [-0.1, -0.05) is 31.4 Å². The second-order valence-corrected chi connectivity index (χ2v) is 11.6. The van der Waals surface area contributed by atoms with Gasteiger partial charge in [0.2, 0.25) is 5.82 Å². The molecule has 3 N–H and O–H groups in total. The number of likely N-dealkylation sites (tertiary alicyclic amines) is 1. The number of carbonyl (C=O) groups is 2. The lowest BCUT2D eigenvalue weighted by Gasteiger charge is -2.36. The molecule has 5 atom stereocenters. The van der Waals surface area contributed by atoms with Crippen LogP contribution in [0.1, 0.15) is 70.0 Å². The summed E-state index contributed by atoms with van der Waals surface area (Å²) in [6, 6.07) is 6.46. The standard InChI is InChI=1S/C28H38ClF3N4O4/c29-19-10-7-9-18(17-19)21-13-8-16-35(21)26(40)24(38)23(37)25(39)33-14-5-1-2-6-15-36-22-12-4-3-11-20(22)34-27(36)28(30,31)32/h3-4,11-12,18-19,21,23-24,37-38H,1-2,5-10,13-17H2,(H,33,39)/t18-,19?,21?,23+,24+/m0/s1. The molecule has 0 bridgehead atoms. The Labute approximate surface area is 236 Å². The summed E-state index contributed by atoms with van der Waals surface area (Å²) in [6.45, 7) is 0.862. The number of aromatic nitrogens is 2. The number of rotatable bonds is 11. The minimum atomic E-state index is -4.55. The van der Waals surface area contributed by atoms with Crippen LogP contribution in [0.5, 0.6) is 0 Å². The highest BCUT2D eigenvalue weighted by atomic mass is 35.5. The maximum atomic E-state index is 13.4. The average molecular weight is 587 g/mol. The fourth-order valence-corrected chi connectivity index (χ4v) is 6.49. The maximum absolute atomic E-state index is 13.4. The van der Waals surface area contributed by atoms with E-state index < -0.39 is 36.0 Å². The molecule has 0 spiro atoms. The van der Waals surface area contributed by atoms with Crippen LogP contribution in [0.25, 0.3) is 11.0 Å². The van der Waals surface area contributed by atoms with Crippen molar-refractivity contribution in [3.8, 4) is 0 Å². The number of aliphatic hydroxyl groups is 2. The quantitative estimate of drug-likeness (QED) is 0.270. The summed E-state index contributed by atoms with van der Waals surface area (Å²) in [6.07, 6.45) is -0.585. The Morgan fingerprint density at radius 3 is 2.55 bits per heavy atom. The van der Waals surface area contributed by atoms with Crippen LogP contribution in [-0.2, 0) is 22.3 Å². The van der Waals surface area contributed by atoms with Crippen LogP contribution in [0.15, 0.2) is 24.3 Å². The Balaban J connectivity index is 1.18. The van der Waals surface area contributed by atoms with Crippen LogP contribution < -0.4 is 5.32 Å². The molecule has 1 aliphatic heterocycles. The summed E-state index contributed by atoms with van der Waals surface area (Å²) in [5, 5.41) is 23.5. The maximum Gasteiger partial charge on any atom is 0.449 e. The number of para-hydroxylation sites is 2. The molecule has 2 aromatic rings. The van der Waals surface area contributed by atoms with Crippen LogP contribution in [0.3, 0.4) is 0 Å². The van der Waals surface area contributed by atoms with Crippen molar-refractivity contribution in [2.75, 3.05) is 13.1 Å². The first-order chi connectivity index (χ1) is 19.1. The number of nitrogens with one attached hydrogen (secondary N) is 1. The second kappa shape index (κ2) is 13.5. The van der Waals surface area contributed by atoms with E-state index in [2.05, 4.69) is 10.3 Å². The first-order valence-electron chi connectivity index (χ1n) is 14.2. The summed E-state index contributed by atoms with van der Waals surface area (Å²) in [5.41, 5.74) is 0.737. The van der Waals surface area contributed by atoms with Crippen LogP contribution in [-0.4, -0.2) is 73.2 Å². The van der Waals surface area contributed by atoms with E-state index in [0.29, 0.717) is 43.3 Å². The number of halogens is 4. The predicted octanol–water partition coefficient (Wildman–Crippen LogP) is 4.24. The smallest absolute Gasteiger partial charge is 0.380 e. The van der Waals surface area contributed by atoms with Gasteiger partial charge in [-0.3, -0.25) is 9.59 Å². The Bertz CT molecular complexity index is 1160. The lowest BCUT2D eigenvalue weighted by atomic mass is 9.82. The zero-order chi connectivity index (χ0) is 28.9. The van der Waals surface area contributed by atoms with Gasteiger partial charge < -0.3 is 25.0 Å². The van der Waals surface area contributed by atoms with Gasteiger partial charge >= 0.3 is 6.18 Å². The van der Waals surface area contributed by atoms with Crippen molar-refractivity contribution >= 4 is 34.4 Å². The zero-order valence-corrected chi connectivity index (χ0v) is 23.2. The Morgan fingerprint density at radius 1 is 1.05 bits per heavy atom. The molecule has 1 saturated heterocycles. The highest BCUT2D eigenvalue weighted by Gasteiger charge is 2.41. The van der Waals surface area contributed by atoms with E-state index in [1.54, 1.807) is 29.2 Å². The van der Waals surface area contributed by atoms with E-state index >= 15 is 0 Å². The molecule has 2 unspecified atom stereocenters. The van der Waals surface area contributed by atoms with Gasteiger partial charge in [-0.2, -0.15) is 13.2 Å². The highest BCUT2D eigenvalue weighted by Crippen LogP contribution is 2.36. The molecule has 12 heteroatoms. The van der Waals surface area contributed by atoms with E-state index in [-0.39, 0.29) is 30.4 Å². The molecule has 2 amide bonds. The fourth-order valence-electron chi connectivity index (χ4n) is 6.10. The number of aliphatic hydroxyl groups excluding tert-OH is 2. The normalized spacial score (nSPS) is 23.4. The first-order valence-corrected chi connectivity index (χ1v) is 14.6. The molecule has 1 aromatic carbocycles. The summed E-state index contributed by atoms with van der Waals surface area (Å²) in [7, 11) is 0. The SMILES string of the molecule is O=C(NCCCCCCn1c(C(F)(F)F)nc2ccccc21)[C@H](O)[C@@H](O)C(=O)N1CCCC1[C@H]1CCCC(Cl)C1. The summed E-state index contributed by atoms with van der Waals surface area (Å²) < 4.78 is 41.5. The lowest BCUT2D eigenvalue weighted by molar-refractivity contribution is -0.154. The zero-order valence-electron chi connectivity index (χ0n) is 22.5. The Kier molecular flexibility index (Phi) is 10.3. The minimum absolute atomic E-state index is 0.0357. The number of alkyl halides is 4. The lowest BCUT2D eigenvalue weighted by Crippen LogP contribution is -2.53. The average Bonchev–Trinajstić information content (AvgIpc) is 3.56. The summed E-state index contributed by atoms with van der Waals surface area (Å²) in [5.74, 6) is -2.11. The van der Waals surface area contributed by atoms with Gasteiger partial charge in [0.1, 0.15) is 0 Å². The van der Waals surface area contributed by atoms with Gasteiger partial charge in [-0.15, -0.1) is 11.6 Å². The topological polar surface area (TPSA) is 108 Å². The van der Waals surface area contributed by atoms with Crippen molar-refractivity contribution in [1.82, 2.24) is 19.8 Å². The third-order valence-corrected chi connectivity index (χ3v) is 8.51. The van der Waals surface area contributed by atoms with E-state index in [1.807, 2.05) is 0 Å². The molecule has 40 heavy (non-hydrogen) atoms. The third-order valence-electron chi connectivity index (χ3n) is 8.11. The Hall–Kier alpha value is -2.37. The molecule has 0 radical (unpaired) electrons. The van der Waals surface area contributed by atoms with Gasteiger partial charge in [0.15, 0.2) is 12.2 Å². The number of unbranched alkanes of at least 4 members (excludes halogenated alkanes) is 3. The number of fused-ring (bicyclic) bond motifs is 1. The van der Waals surface area contributed by atoms with Crippen LogP contribution in [0.2, 0.25) is 0 Å². The number of aryl methyl sites for hydroxylation is 1. The van der Waals surface area contributed by atoms with Crippen molar-refractivity contribution in [3.63, 3.8) is 0 Å². The van der Waals surface area contributed by atoms with Crippen LogP contribution >= 0.6 is 11.6 Å². The van der Waals surface area contributed by atoms with Gasteiger partial charge in [-0.25, -0.2) is 4.98 Å². The molecule has 1 saturated carbocycles. The predicted molar refractivity (Wildman–Crippen MR) is 145 cm³/mol. The number of hydrogen-bond donors (Lipinski definition) is 3. The number of benzene rings is 1. The summed E-state index contributed by atoms with van der Waals surface area (Å²) >= 11 is 6.34. The molecule has 2 heterocycles. The first kappa shape index (κ1) is 30.6. The third kappa shape index (κ3) is 7.28. The van der Waals surface area contributed by atoms with Crippen LogP contribution in [0, 0.1) is 5.92 Å². The van der Waals surface area contributed by atoms with Crippen molar-refractivity contribution in [2.24, 2.45) is 5.92 Å². The van der Waals surface area contributed by atoms with E-state index in [0.717, 1.165) is 38.5 Å². The Morgan fingerprint density at radius 2 is 1.80 bits per heavy atom. The van der Waals surface area contributed by atoms with Gasteiger partial charge in [-0.05, 0) is 63.0 Å². The number of nitrogens with zero attached hydrogens (tertiary/aromatic N) is 3. The number of hydrogen-bond acceptors (Lipinski definition) is 5. The van der Waals surface area contributed by atoms with E-state index in [1.165, 1.54) is 4.57 Å². The molecule has 1 aromatic heterocycles. The fraction of sp³-hybridized carbons (Fsp3) is 0.679. The highest BCUT2D eigenvalue weighted by molar-refractivity contribution is 6.20. The summed E-state index contributed by atoms with van der Waals surface area (Å²) in [4.78, 5) is 30.7. The van der Waals surface area contributed by atoms with Crippen molar-refractivity contribution in [3.05, 3.63) is 30.1 Å². The molecule has 222 valence electrons. The molecule has 4 rings (SSSR count). The largest absolute Gasteiger partial charge is 0.449 e. The minimum Gasteiger partial charge on any atom is -0.380 e. The van der Waals surface area contributed by atoms with Crippen LogP contribution in [0.4, 0.5) is 13.2 Å². The van der Waals surface area contributed by atoms with Gasteiger partial charge in [0.25, 0.3) is 11.8 Å². The number of amides is 2. The van der Waals surface area contributed by atoms with Crippen molar-refractivity contribution in [1.29, 1.82) is 0 Å². The molecular formula is C28H38ClF3N4O4. The molecule has 2 fully saturated rings. The van der Waals surface area contributed by atoms with Crippen molar-refractivity contribution < 1.29 is 33.0 Å². The second-order valence-electron chi connectivity index (χ2n) is 10.9. The molecule has 8 nitrogen and oxygen atoms in total. The molecular weight excluding hydrogens is 549 g/mol. The van der Waals surface area contributed by atoms with Gasteiger partial charge in [0.05, 0.1) is 11.0 Å². The number of carbonyl (C=O) groups excluding carboxylic acids is 2. The molecule has 2 aliphatic rings. The number of imidazole rings is 1. The van der Waals surface area contributed by atoms with Crippen molar-refractivity contribution in [2.45, 2.75) is 101 Å².